The Kier molecular flexibility index (Phi) is 5.90. The van der Waals surface area contributed by atoms with Crippen LogP contribution in [0, 0.1) is 13.8 Å². The summed E-state index contributed by atoms with van der Waals surface area (Å²) in [5.74, 6) is -0.211. The maximum atomic E-state index is 12.0. The number of rotatable bonds is 3. The molecule has 0 unspecified atom stereocenters. The van der Waals surface area contributed by atoms with E-state index in [1.165, 1.54) is 0 Å². The van der Waals surface area contributed by atoms with Crippen LogP contribution in [-0.2, 0) is 0 Å². The van der Waals surface area contributed by atoms with E-state index >= 15 is 0 Å². The molecule has 0 saturated carbocycles. The van der Waals surface area contributed by atoms with Crippen LogP contribution in [0.25, 0.3) is 10.9 Å². The van der Waals surface area contributed by atoms with Crippen molar-refractivity contribution in [1.29, 1.82) is 0 Å². The van der Waals surface area contributed by atoms with Crippen LogP contribution in [0.5, 0.6) is 0 Å². The Morgan fingerprint density at radius 2 is 1.83 bits per heavy atom. The first-order chi connectivity index (χ1) is 11.6. The molecule has 0 spiro atoms. The van der Waals surface area contributed by atoms with Crippen LogP contribution in [0.1, 0.15) is 41.0 Å². The van der Waals surface area contributed by atoms with Gasteiger partial charge in [-0.25, -0.2) is 5.43 Å². The number of nitrogens with one attached hydrogen (secondary N) is 2. The fourth-order valence-corrected chi connectivity index (χ4v) is 2.47. The molecule has 24 heavy (non-hydrogen) atoms. The van der Waals surface area contributed by atoms with Gasteiger partial charge in [0.25, 0.3) is 5.91 Å². The average molecular weight is 321 g/mol. The van der Waals surface area contributed by atoms with Gasteiger partial charge in [-0.3, -0.25) is 4.79 Å². The quantitative estimate of drug-likeness (QED) is 0.538. The van der Waals surface area contributed by atoms with Crippen molar-refractivity contribution < 1.29 is 4.79 Å². The van der Waals surface area contributed by atoms with Crippen LogP contribution >= 0.6 is 0 Å². The van der Waals surface area contributed by atoms with E-state index in [1.54, 1.807) is 12.3 Å². The number of fused-ring (bicyclic) bond motifs is 1. The lowest BCUT2D eigenvalue weighted by atomic mass is 10.1. The molecule has 1 aromatic heterocycles. The maximum Gasteiger partial charge on any atom is 0.271 e. The Morgan fingerprint density at radius 1 is 1.08 bits per heavy atom. The van der Waals surface area contributed by atoms with Crippen LogP contribution in [0.3, 0.4) is 0 Å². The maximum absolute atomic E-state index is 12.0. The standard InChI is InChI=1S/C18H17N3O.C2H6/c1-12-6-5-7-14(10-12)18(22)21-19-11-16-13(2)20-17-9-4-3-8-15(16)17;1-2/h3-11,20H,1-2H3,(H,21,22);1-2H3/b19-11+;. The number of nitrogens with zero attached hydrogens (tertiary/aromatic N) is 1. The summed E-state index contributed by atoms with van der Waals surface area (Å²) in [4.78, 5) is 15.3. The Labute approximate surface area is 142 Å². The molecule has 0 bridgehead atoms. The van der Waals surface area contributed by atoms with E-state index in [0.29, 0.717) is 5.56 Å². The van der Waals surface area contributed by atoms with Gasteiger partial charge < -0.3 is 4.98 Å². The zero-order valence-corrected chi connectivity index (χ0v) is 14.6. The van der Waals surface area contributed by atoms with E-state index < -0.39 is 0 Å². The monoisotopic (exact) mass is 321 g/mol. The molecular weight excluding hydrogens is 298 g/mol. The van der Waals surface area contributed by atoms with Crippen LogP contribution in [0.15, 0.2) is 53.6 Å². The minimum absolute atomic E-state index is 0.211. The summed E-state index contributed by atoms with van der Waals surface area (Å²) in [7, 11) is 0. The fourth-order valence-electron chi connectivity index (χ4n) is 2.47. The lowest BCUT2D eigenvalue weighted by Gasteiger charge is -2.00. The van der Waals surface area contributed by atoms with E-state index in [4.69, 9.17) is 0 Å². The van der Waals surface area contributed by atoms with E-state index in [-0.39, 0.29) is 5.91 Å². The number of benzene rings is 2. The van der Waals surface area contributed by atoms with E-state index in [0.717, 1.165) is 27.7 Å². The number of aromatic nitrogens is 1. The number of aryl methyl sites for hydroxylation is 2. The molecular formula is C20H23N3O. The van der Waals surface area contributed by atoms with Gasteiger partial charge in [-0.15, -0.1) is 0 Å². The molecule has 2 aromatic carbocycles. The van der Waals surface area contributed by atoms with Gasteiger partial charge in [-0.2, -0.15) is 5.10 Å². The highest BCUT2D eigenvalue weighted by Gasteiger charge is 2.06. The van der Waals surface area contributed by atoms with Gasteiger partial charge in [0.2, 0.25) is 0 Å². The molecule has 3 rings (SSSR count). The minimum Gasteiger partial charge on any atom is -0.358 e. The van der Waals surface area contributed by atoms with Crippen LogP contribution in [0.2, 0.25) is 0 Å². The number of hydrogen-bond acceptors (Lipinski definition) is 2. The molecule has 1 heterocycles. The second-order valence-corrected chi connectivity index (χ2v) is 5.28. The molecule has 4 heteroatoms. The van der Waals surface area contributed by atoms with Crippen molar-refractivity contribution in [2.75, 3.05) is 0 Å². The second-order valence-electron chi connectivity index (χ2n) is 5.28. The molecule has 0 aliphatic rings. The van der Waals surface area contributed by atoms with Crippen molar-refractivity contribution in [2.45, 2.75) is 27.7 Å². The Hall–Kier alpha value is -2.88. The topological polar surface area (TPSA) is 57.2 Å². The third kappa shape index (κ3) is 3.90. The van der Waals surface area contributed by atoms with Gasteiger partial charge >= 0.3 is 0 Å². The Morgan fingerprint density at radius 3 is 2.58 bits per heavy atom. The first kappa shape index (κ1) is 17.5. The highest BCUT2D eigenvalue weighted by Crippen LogP contribution is 2.19. The first-order valence-corrected chi connectivity index (χ1v) is 8.12. The molecule has 0 aliphatic heterocycles. The Bertz CT molecular complexity index is 862. The van der Waals surface area contributed by atoms with Crippen molar-refractivity contribution in [1.82, 2.24) is 10.4 Å². The van der Waals surface area contributed by atoms with Crippen molar-refractivity contribution >= 4 is 23.0 Å². The number of amides is 1. The number of hydrazone groups is 1. The average Bonchev–Trinajstić information content (AvgIpc) is 2.92. The molecule has 0 radical (unpaired) electrons. The second kappa shape index (κ2) is 8.11. The van der Waals surface area contributed by atoms with Gasteiger partial charge in [-0.05, 0) is 32.0 Å². The summed E-state index contributed by atoms with van der Waals surface area (Å²) in [6.07, 6.45) is 1.68. The summed E-state index contributed by atoms with van der Waals surface area (Å²) in [5, 5.41) is 5.18. The number of aromatic amines is 1. The molecule has 0 fully saturated rings. The zero-order valence-electron chi connectivity index (χ0n) is 14.6. The van der Waals surface area contributed by atoms with Crippen molar-refractivity contribution in [2.24, 2.45) is 5.10 Å². The summed E-state index contributed by atoms with van der Waals surface area (Å²) in [6, 6.07) is 15.4. The SMILES string of the molecule is CC.Cc1cccc(C(=O)N/N=C/c2c(C)[nH]c3ccccc23)c1. The molecule has 0 atom stereocenters. The number of para-hydroxylation sites is 1. The Balaban J connectivity index is 0.00000100. The molecule has 4 nitrogen and oxygen atoms in total. The van der Waals surface area contributed by atoms with E-state index in [9.17, 15) is 4.79 Å². The molecule has 3 aromatic rings. The number of H-pyrrole nitrogens is 1. The molecule has 0 aliphatic carbocycles. The van der Waals surface area contributed by atoms with E-state index in [1.807, 2.05) is 70.2 Å². The third-order valence-electron chi connectivity index (χ3n) is 3.58. The van der Waals surface area contributed by atoms with E-state index in [2.05, 4.69) is 15.5 Å². The van der Waals surface area contributed by atoms with Gasteiger partial charge in [-0.1, -0.05) is 49.7 Å². The minimum atomic E-state index is -0.211. The third-order valence-corrected chi connectivity index (χ3v) is 3.58. The summed E-state index contributed by atoms with van der Waals surface area (Å²) < 4.78 is 0. The molecule has 2 N–H and O–H groups in total. The fraction of sp³-hybridized carbons (Fsp3) is 0.200. The van der Waals surface area contributed by atoms with Gasteiger partial charge in [0.15, 0.2) is 0 Å². The van der Waals surface area contributed by atoms with Gasteiger partial charge in [0.05, 0.1) is 6.21 Å². The predicted octanol–water partition coefficient (Wildman–Crippen LogP) is 4.57. The first-order valence-electron chi connectivity index (χ1n) is 8.12. The summed E-state index contributed by atoms with van der Waals surface area (Å²) in [5.41, 5.74) is 7.29. The number of carbonyl (C=O) groups is 1. The predicted molar refractivity (Wildman–Crippen MR) is 101 cm³/mol. The van der Waals surface area contributed by atoms with Crippen LogP contribution < -0.4 is 5.43 Å². The van der Waals surface area contributed by atoms with Crippen molar-refractivity contribution in [3.63, 3.8) is 0 Å². The van der Waals surface area contributed by atoms with Gasteiger partial charge in [0.1, 0.15) is 0 Å². The van der Waals surface area contributed by atoms with Gasteiger partial charge in [0, 0.05) is 27.7 Å². The van der Waals surface area contributed by atoms with Crippen LogP contribution in [0.4, 0.5) is 0 Å². The number of carbonyl (C=O) groups excluding carboxylic acids is 1. The largest absolute Gasteiger partial charge is 0.358 e. The molecule has 0 saturated heterocycles. The highest BCUT2D eigenvalue weighted by molar-refractivity contribution is 6.01. The smallest absolute Gasteiger partial charge is 0.271 e. The van der Waals surface area contributed by atoms with Crippen molar-refractivity contribution in [3.8, 4) is 0 Å². The molecule has 1 amide bonds. The summed E-state index contributed by atoms with van der Waals surface area (Å²) >= 11 is 0. The lowest BCUT2D eigenvalue weighted by Crippen LogP contribution is -2.17. The summed E-state index contributed by atoms with van der Waals surface area (Å²) in [6.45, 7) is 7.94. The normalized spacial score (nSPS) is 10.5. The van der Waals surface area contributed by atoms with Crippen LogP contribution in [-0.4, -0.2) is 17.1 Å². The lowest BCUT2D eigenvalue weighted by molar-refractivity contribution is 0.0955. The number of hydrogen-bond donors (Lipinski definition) is 2. The van der Waals surface area contributed by atoms with Crippen molar-refractivity contribution in [3.05, 3.63) is 70.9 Å². The zero-order chi connectivity index (χ0) is 17.5. The molecule has 124 valence electrons. The highest BCUT2D eigenvalue weighted by atomic mass is 16.2.